The topological polar surface area (TPSA) is 12.5 Å². The summed E-state index contributed by atoms with van der Waals surface area (Å²) >= 11 is 0. The van der Waals surface area contributed by atoms with Crippen molar-refractivity contribution in [1.29, 1.82) is 0 Å². The molecule has 6 rings (SSSR count). The zero-order chi connectivity index (χ0) is 19.5. The number of fused-ring (bicyclic) bond motifs is 1. The van der Waals surface area contributed by atoms with Gasteiger partial charge < -0.3 is 4.74 Å². The van der Waals surface area contributed by atoms with Gasteiger partial charge in [0.15, 0.2) is 0 Å². The Bertz CT molecular complexity index is 902. The van der Waals surface area contributed by atoms with Crippen LogP contribution in [0.4, 0.5) is 0 Å². The second-order valence-corrected chi connectivity index (χ2v) is 10.2. The molecule has 1 aliphatic heterocycles. The zero-order valence-electron chi connectivity index (χ0n) is 17.7. The molecule has 2 saturated carbocycles. The molecule has 1 saturated heterocycles. The lowest BCUT2D eigenvalue weighted by atomic mass is 9.52. The second-order valence-electron chi connectivity index (χ2n) is 10.2. The molecule has 4 aliphatic rings. The first-order valence-electron chi connectivity index (χ1n) is 11.7. The van der Waals surface area contributed by atoms with E-state index in [0.717, 1.165) is 17.7 Å². The first-order valence-corrected chi connectivity index (χ1v) is 11.7. The molecule has 2 aromatic carbocycles. The predicted molar refractivity (Wildman–Crippen MR) is 118 cm³/mol. The zero-order valence-corrected chi connectivity index (χ0v) is 17.7. The van der Waals surface area contributed by atoms with E-state index in [2.05, 4.69) is 53.4 Å². The first-order chi connectivity index (χ1) is 14.2. The van der Waals surface area contributed by atoms with E-state index in [1.165, 1.54) is 64.5 Å². The number of benzene rings is 2. The van der Waals surface area contributed by atoms with E-state index < -0.39 is 0 Å². The lowest BCUT2D eigenvalue weighted by Gasteiger charge is -2.59. The standard InChI is InChI=1S/C27H33NO/c1-29-22-11-10-20-17-25-23-9-5-6-12-27(23,24(20)18-22)15-16-28(25)19-26(13-14-26)21-7-3-2-4-8-21/h2-4,7-8,10-11,18,23,25H,5-6,9,12-17,19H2,1H3/t23-,25-,27-/m1/s1. The third-order valence-electron chi connectivity index (χ3n) is 8.90. The molecular weight excluding hydrogens is 354 g/mol. The summed E-state index contributed by atoms with van der Waals surface area (Å²) < 4.78 is 5.63. The van der Waals surface area contributed by atoms with Crippen molar-refractivity contribution in [3.8, 4) is 5.75 Å². The molecule has 2 heteroatoms. The van der Waals surface area contributed by atoms with Gasteiger partial charge in [-0.1, -0.05) is 49.2 Å². The van der Waals surface area contributed by atoms with E-state index in [0.29, 0.717) is 10.8 Å². The molecule has 152 valence electrons. The fourth-order valence-electron chi connectivity index (χ4n) is 7.26. The van der Waals surface area contributed by atoms with E-state index in [1.54, 1.807) is 16.7 Å². The third-order valence-corrected chi connectivity index (χ3v) is 8.90. The number of ether oxygens (including phenoxy) is 1. The van der Waals surface area contributed by atoms with Gasteiger partial charge in [-0.05, 0) is 79.8 Å². The molecule has 0 aromatic heterocycles. The Labute approximate surface area is 175 Å². The quantitative estimate of drug-likeness (QED) is 0.688. The van der Waals surface area contributed by atoms with Crippen molar-refractivity contribution >= 4 is 0 Å². The number of nitrogens with zero attached hydrogens (tertiary/aromatic N) is 1. The highest BCUT2D eigenvalue weighted by molar-refractivity contribution is 5.46. The third kappa shape index (κ3) is 2.71. The molecule has 0 radical (unpaired) electrons. The molecule has 3 aliphatic carbocycles. The van der Waals surface area contributed by atoms with Crippen LogP contribution >= 0.6 is 0 Å². The average Bonchev–Trinajstić information content (AvgIpc) is 3.57. The maximum absolute atomic E-state index is 5.63. The highest BCUT2D eigenvalue weighted by atomic mass is 16.5. The van der Waals surface area contributed by atoms with Gasteiger partial charge in [-0.25, -0.2) is 0 Å². The van der Waals surface area contributed by atoms with Crippen molar-refractivity contribution in [3.63, 3.8) is 0 Å². The van der Waals surface area contributed by atoms with Crippen LogP contribution in [-0.2, 0) is 17.3 Å². The van der Waals surface area contributed by atoms with Gasteiger partial charge in [-0.2, -0.15) is 0 Å². The summed E-state index contributed by atoms with van der Waals surface area (Å²) in [6.07, 6.45) is 10.9. The number of methoxy groups -OCH3 is 1. The van der Waals surface area contributed by atoms with E-state index in [9.17, 15) is 0 Å². The highest BCUT2D eigenvalue weighted by Gasteiger charge is 2.56. The first kappa shape index (κ1) is 18.0. The predicted octanol–water partition coefficient (Wildman–Crippen LogP) is 5.49. The fraction of sp³-hybridized carbons (Fsp3) is 0.556. The molecule has 2 bridgehead atoms. The van der Waals surface area contributed by atoms with Gasteiger partial charge in [0.1, 0.15) is 5.75 Å². The van der Waals surface area contributed by atoms with Crippen LogP contribution in [0.1, 0.15) is 61.6 Å². The monoisotopic (exact) mass is 387 g/mol. The molecule has 0 amide bonds. The van der Waals surface area contributed by atoms with E-state index in [4.69, 9.17) is 4.74 Å². The highest BCUT2D eigenvalue weighted by Crippen LogP contribution is 2.58. The Morgan fingerprint density at radius 1 is 1.00 bits per heavy atom. The molecule has 3 fully saturated rings. The van der Waals surface area contributed by atoms with Gasteiger partial charge in [0.25, 0.3) is 0 Å². The fourth-order valence-corrected chi connectivity index (χ4v) is 7.26. The summed E-state index contributed by atoms with van der Waals surface area (Å²) in [5.74, 6) is 1.88. The molecular formula is C27H33NO. The molecule has 0 spiro atoms. The molecule has 2 aromatic rings. The van der Waals surface area contributed by atoms with Crippen LogP contribution in [0.5, 0.6) is 5.75 Å². The van der Waals surface area contributed by atoms with Crippen LogP contribution in [0, 0.1) is 5.92 Å². The molecule has 2 nitrogen and oxygen atoms in total. The number of rotatable bonds is 4. The van der Waals surface area contributed by atoms with Gasteiger partial charge in [0, 0.05) is 23.4 Å². The van der Waals surface area contributed by atoms with Gasteiger partial charge >= 0.3 is 0 Å². The Kier molecular flexibility index (Phi) is 4.10. The Balaban J connectivity index is 1.35. The summed E-state index contributed by atoms with van der Waals surface area (Å²) in [7, 11) is 1.81. The minimum atomic E-state index is 0.408. The van der Waals surface area contributed by atoms with Crippen molar-refractivity contribution in [2.75, 3.05) is 20.2 Å². The van der Waals surface area contributed by atoms with E-state index >= 15 is 0 Å². The molecule has 0 N–H and O–H groups in total. The number of likely N-dealkylation sites (tertiary alicyclic amines) is 1. The van der Waals surface area contributed by atoms with Gasteiger partial charge in [0.2, 0.25) is 0 Å². The largest absolute Gasteiger partial charge is 0.497 e. The lowest BCUT2D eigenvalue weighted by Crippen LogP contribution is -2.61. The maximum Gasteiger partial charge on any atom is 0.119 e. The van der Waals surface area contributed by atoms with Crippen molar-refractivity contribution < 1.29 is 4.74 Å². The molecule has 29 heavy (non-hydrogen) atoms. The summed E-state index contributed by atoms with van der Waals surface area (Å²) in [6.45, 7) is 2.53. The number of hydrogen-bond acceptors (Lipinski definition) is 2. The van der Waals surface area contributed by atoms with Crippen LogP contribution in [0.2, 0.25) is 0 Å². The normalized spacial score (nSPS) is 32.2. The average molecular weight is 388 g/mol. The van der Waals surface area contributed by atoms with E-state index in [-0.39, 0.29) is 0 Å². The maximum atomic E-state index is 5.63. The van der Waals surface area contributed by atoms with Crippen molar-refractivity contribution in [2.45, 2.75) is 68.2 Å². The SMILES string of the molecule is COc1ccc2c(c1)[C@@]13CCCC[C@@H]1[C@@H](C2)N(CC1(c2ccccc2)CC1)CC3. The Hall–Kier alpha value is -1.80. The summed E-state index contributed by atoms with van der Waals surface area (Å²) in [4.78, 5) is 2.92. The minimum Gasteiger partial charge on any atom is -0.497 e. The number of piperidine rings is 1. The molecule has 0 unspecified atom stereocenters. The smallest absolute Gasteiger partial charge is 0.119 e. The summed E-state index contributed by atoms with van der Waals surface area (Å²) in [6, 6.07) is 19.0. The summed E-state index contributed by atoms with van der Waals surface area (Å²) in [5.41, 5.74) is 5.65. The van der Waals surface area contributed by atoms with Crippen LogP contribution in [0.15, 0.2) is 48.5 Å². The van der Waals surface area contributed by atoms with Crippen molar-refractivity contribution in [3.05, 3.63) is 65.2 Å². The Morgan fingerprint density at radius 2 is 1.86 bits per heavy atom. The lowest BCUT2D eigenvalue weighted by molar-refractivity contribution is -0.0157. The van der Waals surface area contributed by atoms with Crippen LogP contribution < -0.4 is 4.74 Å². The molecule has 1 heterocycles. The van der Waals surface area contributed by atoms with Crippen molar-refractivity contribution in [2.24, 2.45) is 5.92 Å². The van der Waals surface area contributed by atoms with Crippen LogP contribution in [-0.4, -0.2) is 31.1 Å². The van der Waals surface area contributed by atoms with Gasteiger partial charge in [-0.3, -0.25) is 4.90 Å². The van der Waals surface area contributed by atoms with E-state index in [1.807, 2.05) is 7.11 Å². The van der Waals surface area contributed by atoms with Gasteiger partial charge in [-0.15, -0.1) is 0 Å². The summed E-state index contributed by atoms with van der Waals surface area (Å²) in [5, 5.41) is 0. The van der Waals surface area contributed by atoms with Crippen LogP contribution in [0.3, 0.4) is 0 Å². The molecule has 3 atom stereocenters. The minimum absolute atomic E-state index is 0.408. The second kappa shape index (κ2) is 6.60. The van der Waals surface area contributed by atoms with Gasteiger partial charge in [0.05, 0.1) is 7.11 Å². The van der Waals surface area contributed by atoms with Crippen molar-refractivity contribution in [1.82, 2.24) is 4.90 Å². The Morgan fingerprint density at radius 3 is 2.66 bits per heavy atom. The van der Waals surface area contributed by atoms with Crippen LogP contribution in [0.25, 0.3) is 0 Å². The number of hydrogen-bond donors (Lipinski definition) is 0.